The van der Waals surface area contributed by atoms with E-state index in [-0.39, 0.29) is 18.0 Å². The number of nitrogens with zero attached hydrogens (tertiary/aromatic N) is 1. The summed E-state index contributed by atoms with van der Waals surface area (Å²) >= 11 is 0. The van der Waals surface area contributed by atoms with Gasteiger partial charge in [0, 0.05) is 16.8 Å². The molecule has 0 heterocycles. The summed E-state index contributed by atoms with van der Waals surface area (Å²) in [6, 6.07) is 23.5. The van der Waals surface area contributed by atoms with E-state index in [2.05, 4.69) is 5.32 Å². The minimum Gasteiger partial charge on any atom is -0.493 e. The van der Waals surface area contributed by atoms with Crippen molar-refractivity contribution in [2.24, 2.45) is 0 Å². The summed E-state index contributed by atoms with van der Waals surface area (Å²) in [5.41, 5.74) is 2.49. The monoisotopic (exact) mass is 452 g/mol. The molecule has 0 unspecified atom stereocenters. The van der Waals surface area contributed by atoms with Crippen LogP contribution in [0.4, 0.5) is 5.69 Å². The normalized spacial score (nSPS) is 11.0. The zero-order chi connectivity index (χ0) is 24.3. The van der Waals surface area contributed by atoms with Gasteiger partial charge in [-0.2, -0.15) is 5.26 Å². The van der Waals surface area contributed by atoms with E-state index in [1.807, 2.05) is 48.6 Å². The van der Waals surface area contributed by atoms with Crippen molar-refractivity contribution in [2.45, 2.75) is 6.92 Å². The molecule has 6 nitrogen and oxygen atoms in total. The highest BCUT2D eigenvalue weighted by Crippen LogP contribution is 2.33. The summed E-state index contributed by atoms with van der Waals surface area (Å²) in [5.74, 6) is 0.268. The number of ketones is 1. The van der Waals surface area contributed by atoms with Gasteiger partial charge in [-0.3, -0.25) is 9.59 Å². The van der Waals surface area contributed by atoms with Gasteiger partial charge in [0.25, 0.3) is 5.91 Å². The lowest BCUT2D eigenvalue weighted by Crippen LogP contribution is -2.13. The molecule has 0 radical (unpaired) electrons. The minimum absolute atomic E-state index is 0.0698. The van der Waals surface area contributed by atoms with Crippen LogP contribution in [0.25, 0.3) is 12.2 Å². The molecule has 0 aromatic heterocycles. The first-order valence-electron chi connectivity index (χ1n) is 10.6. The Morgan fingerprint density at radius 2 is 1.74 bits per heavy atom. The average molecular weight is 453 g/mol. The van der Waals surface area contributed by atoms with Gasteiger partial charge < -0.3 is 14.8 Å². The Morgan fingerprint density at radius 3 is 2.38 bits per heavy atom. The topological polar surface area (TPSA) is 88.4 Å². The van der Waals surface area contributed by atoms with Gasteiger partial charge in [0.2, 0.25) is 0 Å². The summed E-state index contributed by atoms with van der Waals surface area (Å²) in [5, 5.41) is 12.3. The molecule has 0 bridgehead atoms. The molecule has 0 aliphatic carbocycles. The Balaban J connectivity index is 1.79. The smallest absolute Gasteiger partial charge is 0.266 e. The van der Waals surface area contributed by atoms with E-state index in [1.165, 1.54) is 20.1 Å². The fraction of sp³-hybridized carbons (Fsp3) is 0.107. The van der Waals surface area contributed by atoms with E-state index in [1.54, 1.807) is 42.5 Å². The maximum atomic E-state index is 12.7. The number of hydrogen-bond acceptors (Lipinski definition) is 5. The van der Waals surface area contributed by atoms with Crippen LogP contribution >= 0.6 is 0 Å². The van der Waals surface area contributed by atoms with Gasteiger partial charge in [0.1, 0.15) is 18.2 Å². The summed E-state index contributed by atoms with van der Waals surface area (Å²) in [7, 11) is 1.53. The summed E-state index contributed by atoms with van der Waals surface area (Å²) in [6.07, 6.45) is 5.27. The second-order valence-corrected chi connectivity index (χ2v) is 7.26. The van der Waals surface area contributed by atoms with Crippen LogP contribution in [0.5, 0.6) is 11.5 Å². The first-order chi connectivity index (χ1) is 16.5. The number of anilines is 1. The van der Waals surface area contributed by atoms with Crippen LogP contribution < -0.4 is 14.8 Å². The minimum atomic E-state index is -0.573. The van der Waals surface area contributed by atoms with Gasteiger partial charge in [-0.1, -0.05) is 48.5 Å². The van der Waals surface area contributed by atoms with E-state index >= 15 is 0 Å². The van der Waals surface area contributed by atoms with Gasteiger partial charge in [0.15, 0.2) is 17.3 Å². The Morgan fingerprint density at radius 1 is 1.00 bits per heavy atom. The molecule has 0 spiro atoms. The first kappa shape index (κ1) is 24.0. The second kappa shape index (κ2) is 11.8. The molecule has 1 N–H and O–H groups in total. The van der Waals surface area contributed by atoms with E-state index in [4.69, 9.17) is 9.47 Å². The molecular weight excluding hydrogens is 428 g/mol. The molecule has 0 atom stereocenters. The zero-order valence-corrected chi connectivity index (χ0v) is 18.9. The van der Waals surface area contributed by atoms with E-state index in [9.17, 15) is 14.9 Å². The van der Waals surface area contributed by atoms with Crippen LogP contribution in [-0.2, 0) is 4.79 Å². The third-order valence-corrected chi connectivity index (χ3v) is 4.88. The lowest BCUT2D eigenvalue weighted by Gasteiger charge is -2.12. The van der Waals surface area contributed by atoms with Crippen molar-refractivity contribution in [3.05, 3.63) is 101 Å². The Labute approximate surface area is 198 Å². The van der Waals surface area contributed by atoms with Gasteiger partial charge in [-0.25, -0.2) is 0 Å². The Kier molecular flexibility index (Phi) is 8.36. The number of ether oxygens (including phenoxy) is 2. The average Bonchev–Trinajstić information content (AvgIpc) is 2.86. The number of benzene rings is 3. The molecule has 1 amide bonds. The van der Waals surface area contributed by atoms with Crippen molar-refractivity contribution in [2.75, 3.05) is 19.0 Å². The molecule has 0 aliphatic rings. The number of carbonyl (C=O) groups is 2. The SMILES string of the molecule is COc1cccc(C=C(C#N)C(=O)Nc2ccc(C(C)=O)cc2)c1OCC=Cc1ccccc1. The van der Waals surface area contributed by atoms with Crippen LogP contribution in [0, 0.1) is 11.3 Å². The number of Topliss-reactive ketones (excluding diaryl/α,β-unsaturated/α-hetero) is 1. The largest absolute Gasteiger partial charge is 0.493 e. The molecule has 0 aliphatic heterocycles. The molecule has 3 aromatic carbocycles. The standard InChI is InChI=1S/C28H24N2O4/c1-20(31)22-13-15-25(16-14-22)30-28(32)24(19-29)18-23-11-6-12-26(33-2)27(23)34-17-7-10-21-8-4-3-5-9-21/h3-16,18H,17H2,1-2H3,(H,30,32). The lowest BCUT2D eigenvalue weighted by molar-refractivity contribution is -0.112. The highest BCUT2D eigenvalue weighted by molar-refractivity contribution is 6.10. The maximum absolute atomic E-state index is 12.7. The first-order valence-corrected chi connectivity index (χ1v) is 10.6. The predicted octanol–water partition coefficient (Wildman–Crippen LogP) is 5.54. The van der Waals surface area contributed by atoms with Crippen molar-refractivity contribution in [1.82, 2.24) is 0 Å². The molecule has 0 fully saturated rings. The Hall–Kier alpha value is -4.63. The fourth-order valence-corrected chi connectivity index (χ4v) is 3.13. The molecule has 34 heavy (non-hydrogen) atoms. The quantitative estimate of drug-likeness (QED) is 0.262. The van der Waals surface area contributed by atoms with Crippen molar-refractivity contribution >= 4 is 29.5 Å². The highest BCUT2D eigenvalue weighted by Gasteiger charge is 2.14. The highest BCUT2D eigenvalue weighted by atomic mass is 16.5. The third kappa shape index (κ3) is 6.44. The zero-order valence-electron chi connectivity index (χ0n) is 18.9. The van der Waals surface area contributed by atoms with E-state index in [0.29, 0.717) is 28.3 Å². The van der Waals surface area contributed by atoms with Crippen LogP contribution in [-0.4, -0.2) is 25.4 Å². The number of para-hydroxylation sites is 1. The lowest BCUT2D eigenvalue weighted by atomic mass is 10.1. The van der Waals surface area contributed by atoms with Gasteiger partial charge in [-0.05, 0) is 55.0 Å². The number of nitrogens with one attached hydrogen (secondary N) is 1. The molecule has 0 saturated heterocycles. The van der Waals surface area contributed by atoms with Gasteiger partial charge in [0.05, 0.1) is 7.11 Å². The van der Waals surface area contributed by atoms with Crippen molar-refractivity contribution in [3.63, 3.8) is 0 Å². The number of carbonyl (C=O) groups excluding carboxylic acids is 2. The van der Waals surface area contributed by atoms with Crippen LogP contribution in [0.15, 0.2) is 84.4 Å². The number of amides is 1. The number of rotatable bonds is 9. The second-order valence-electron chi connectivity index (χ2n) is 7.26. The van der Waals surface area contributed by atoms with Crippen LogP contribution in [0.2, 0.25) is 0 Å². The molecule has 170 valence electrons. The van der Waals surface area contributed by atoms with Gasteiger partial charge >= 0.3 is 0 Å². The van der Waals surface area contributed by atoms with Gasteiger partial charge in [-0.15, -0.1) is 0 Å². The van der Waals surface area contributed by atoms with Crippen LogP contribution in [0.1, 0.15) is 28.4 Å². The van der Waals surface area contributed by atoms with E-state index in [0.717, 1.165) is 5.56 Å². The summed E-state index contributed by atoms with van der Waals surface area (Å²) in [6.45, 7) is 1.74. The third-order valence-electron chi connectivity index (χ3n) is 4.88. The predicted molar refractivity (Wildman–Crippen MR) is 133 cm³/mol. The fourth-order valence-electron chi connectivity index (χ4n) is 3.13. The molecule has 3 aromatic rings. The summed E-state index contributed by atoms with van der Waals surface area (Å²) in [4.78, 5) is 24.1. The molecular formula is C28H24N2O4. The van der Waals surface area contributed by atoms with E-state index < -0.39 is 5.91 Å². The molecule has 0 saturated carbocycles. The van der Waals surface area contributed by atoms with Crippen molar-refractivity contribution in [1.29, 1.82) is 5.26 Å². The Bertz CT molecular complexity index is 1250. The number of nitriles is 1. The summed E-state index contributed by atoms with van der Waals surface area (Å²) < 4.78 is 11.3. The van der Waals surface area contributed by atoms with Crippen LogP contribution in [0.3, 0.4) is 0 Å². The molecule has 6 heteroatoms. The van der Waals surface area contributed by atoms with Crippen molar-refractivity contribution < 1.29 is 19.1 Å². The molecule has 3 rings (SSSR count). The maximum Gasteiger partial charge on any atom is 0.266 e. The number of hydrogen-bond donors (Lipinski definition) is 1. The number of methoxy groups -OCH3 is 1. The van der Waals surface area contributed by atoms with Crippen molar-refractivity contribution in [3.8, 4) is 17.6 Å².